The van der Waals surface area contributed by atoms with Gasteiger partial charge in [0.15, 0.2) is 0 Å². The normalized spacial score (nSPS) is 12.0. The first-order chi connectivity index (χ1) is 15.1. The van der Waals surface area contributed by atoms with Crippen molar-refractivity contribution in [3.8, 4) is 0 Å². The van der Waals surface area contributed by atoms with Crippen molar-refractivity contribution in [3.63, 3.8) is 0 Å². The average Bonchev–Trinajstić information content (AvgIpc) is 2.73. The minimum absolute atomic E-state index is 0.0616. The maximum Gasteiger partial charge on any atom is 0.325 e. The lowest BCUT2D eigenvalue weighted by atomic mass is 10.0. The molecular weight excluding hydrogens is 518 g/mol. The van der Waals surface area contributed by atoms with E-state index >= 15 is 0 Å². The monoisotopic (exact) mass is 572 g/mol. The fraction of sp³-hybridized carbons (Fsp3) is 1.00. The summed E-state index contributed by atoms with van der Waals surface area (Å²) < 4.78 is 12.1. The van der Waals surface area contributed by atoms with Gasteiger partial charge in [-0.2, -0.15) is 0 Å². The van der Waals surface area contributed by atoms with Crippen molar-refractivity contribution in [2.75, 3.05) is 10.6 Å². The lowest BCUT2D eigenvalue weighted by molar-refractivity contribution is 0.370. The van der Waals surface area contributed by atoms with Gasteiger partial charge in [0.25, 0.3) is 0 Å². The highest BCUT2D eigenvalue weighted by molar-refractivity contribution is 14.1. The Hall–Kier alpha value is 0.880. The van der Waals surface area contributed by atoms with Gasteiger partial charge in [-0.1, -0.05) is 164 Å². The molecule has 0 saturated heterocycles. The molecule has 5 heteroatoms. The number of hydrogen-bond donors (Lipinski definition) is 2. The molecule has 0 amide bonds. The highest BCUT2D eigenvalue weighted by atomic mass is 127. The molecule has 0 spiro atoms. The Morgan fingerprint density at radius 2 is 0.581 bits per heavy atom. The van der Waals surface area contributed by atoms with Crippen molar-refractivity contribution in [1.29, 1.82) is 0 Å². The van der Waals surface area contributed by atoms with Crippen molar-refractivity contribution < 1.29 is 14.4 Å². The molecule has 3 nitrogen and oxygen atoms in total. The quantitative estimate of drug-likeness (QED) is 0.0469. The van der Waals surface area contributed by atoms with Gasteiger partial charge in [0, 0.05) is 6.16 Å². The maximum absolute atomic E-state index is 10.8. The molecule has 0 aromatic carbocycles. The van der Waals surface area contributed by atoms with Crippen molar-refractivity contribution >= 4 is 30.2 Å². The number of alkyl halides is 1. The van der Waals surface area contributed by atoms with E-state index in [9.17, 15) is 4.57 Å². The summed E-state index contributed by atoms with van der Waals surface area (Å²) in [7, 11) is -3.76. The minimum Gasteiger partial charge on any atom is -0.324 e. The Bertz CT molecular complexity index is 387. The molecule has 0 atom stereocenters. The summed E-state index contributed by atoms with van der Waals surface area (Å²) in [5, 5.41) is 0. The van der Waals surface area contributed by atoms with E-state index in [2.05, 4.69) is 22.6 Å². The first-order valence-corrected chi connectivity index (χ1v) is 17.0. The van der Waals surface area contributed by atoms with Gasteiger partial charge in [-0.15, -0.1) is 0 Å². The van der Waals surface area contributed by atoms with Crippen LogP contribution in [0.4, 0.5) is 0 Å². The van der Waals surface area contributed by atoms with Crippen LogP contribution in [0.5, 0.6) is 0 Å². The SMILES string of the molecule is O=P(O)(O)CCCCCCCCCCCCCCCCCCCCCCCCCCI. The van der Waals surface area contributed by atoms with Crippen LogP contribution in [0.3, 0.4) is 0 Å². The first-order valence-electron chi connectivity index (χ1n) is 13.7. The smallest absolute Gasteiger partial charge is 0.324 e. The predicted molar refractivity (Wildman–Crippen MR) is 147 cm³/mol. The Balaban J connectivity index is 3.03. The molecule has 0 radical (unpaired) electrons. The van der Waals surface area contributed by atoms with Crippen LogP contribution in [0.1, 0.15) is 154 Å². The highest BCUT2D eigenvalue weighted by Gasteiger charge is 2.10. The molecule has 0 fully saturated rings. The molecule has 0 rings (SSSR count). The zero-order valence-corrected chi connectivity index (χ0v) is 23.6. The molecule has 188 valence electrons. The molecule has 0 unspecified atom stereocenters. The fourth-order valence-corrected chi connectivity index (χ4v) is 5.48. The maximum atomic E-state index is 10.8. The van der Waals surface area contributed by atoms with Gasteiger partial charge in [0.05, 0.1) is 0 Å². The molecule has 0 bridgehead atoms. The van der Waals surface area contributed by atoms with Gasteiger partial charge in [0.1, 0.15) is 0 Å². The molecule has 0 saturated carbocycles. The molecular formula is C26H54IO3P. The lowest BCUT2D eigenvalue weighted by Crippen LogP contribution is -1.88. The molecule has 0 aliphatic rings. The van der Waals surface area contributed by atoms with Gasteiger partial charge in [-0.05, 0) is 17.3 Å². The van der Waals surface area contributed by atoms with Crippen molar-refractivity contribution in [3.05, 3.63) is 0 Å². The zero-order chi connectivity index (χ0) is 22.9. The first kappa shape index (κ1) is 31.9. The van der Waals surface area contributed by atoms with E-state index in [1.54, 1.807) is 0 Å². The summed E-state index contributed by atoms with van der Waals surface area (Å²) in [6.07, 6.45) is 32.5. The minimum atomic E-state index is -3.76. The lowest BCUT2D eigenvalue weighted by Gasteiger charge is -2.05. The number of halogens is 1. The van der Waals surface area contributed by atoms with Crippen LogP contribution in [-0.2, 0) is 4.57 Å². The van der Waals surface area contributed by atoms with Crippen LogP contribution in [0.15, 0.2) is 0 Å². The molecule has 2 N–H and O–H groups in total. The second-order valence-electron chi connectivity index (χ2n) is 9.56. The third-order valence-electron chi connectivity index (χ3n) is 6.33. The molecule has 0 aliphatic heterocycles. The van der Waals surface area contributed by atoms with Crippen LogP contribution in [0.25, 0.3) is 0 Å². The standard InChI is InChI=1S/C26H54IO3P/c27-25-23-21-19-17-15-13-11-9-7-5-3-1-2-4-6-8-10-12-14-16-18-20-22-24-26-31(28,29)30/h1-26H2,(H2,28,29,30). The van der Waals surface area contributed by atoms with Crippen molar-refractivity contribution in [1.82, 2.24) is 0 Å². The number of rotatable bonds is 26. The summed E-state index contributed by atoms with van der Waals surface area (Å²) in [4.78, 5) is 17.6. The van der Waals surface area contributed by atoms with E-state index < -0.39 is 7.60 Å². The predicted octanol–water partition coefficient (Wildman–Crippen LogP) is 9.96. The van der Waals surface area contributed by atoms with E-state index in [4.69, 9.17) is 9.79 Å². The summed E-state index contributed by atoms with van der Waals surface area (Å²) in [6, 6.07) is 0. The fourth-order valence-electron chi connectivity index (χ4n) is 4.30. The average molecular weight is 573 g/mol. The molecule has 0 aliphatic carbocycles. The van der Waals surface area contributed by atoms with E-state index in [1.807, 2.05) is 0 Å². The summed E-state index contributed by atoms with van der Waals surface area (Å²) in [6.45, 7) is 0. The van der Waals surface area contributed by atoms with Crippen LogP contribution in [0.2, 0.25) is 0 Å². The third kappa shape index (κ3) is 30.9. The van der Waals surface area contributed by atoms with E-state index in [1.165, 1.54) is 139 Å². The Morgan fingerprint density at radius 1 is 0.387 bits per heavy atom. The van der Waals surface area contributed by atoms with Crippen molar-refractivity contribution in [2.24, 2.45) is 0 Å². The number of hydrogen-bond acceptors (Lipinski definition) is 1. The van der Waals surface area contributed by atoms with Gasteiger partial charge < -0.3 is 9.79 Å². The van der Waals surface area contributed by atoms with E-state index in [-0.39, 0.29) is 6.16 Å². The van der Waals surface area contributed by atoms with Crippen LogP contribution in [0, 0.1) is 0 Å². The largest absolute Gasteiger partial charge is 0.325 e. The summed E-state index contributed by atoms with van der Waals surface area (Å²) in [5.74, 6) is 0. The van der Waals surface area contributed by atoms with Gasteiger partial charge in [0.2, 0.25) is 0 Å². The topological polar surface area (TPSA) is 57.5 Å². The van der Waals surface area contributed by atoms with E-state index in [0.717, 1.165) is 12.8 Å². The van der Waals surface area contributed by atoms with Gasteiger partial charge >= 0.3 is 7.60 Å². The van der Waals surface area contributed by atoms with Crippen LogP contribution >= 0.6 is 30.2 Å². The summed E-state index contributed by atoms with van der Waals surface area (Å²) in [5.41, 5.74) is 0. The Morgan fingerprint density at radius 3 is 0.774 bits per heavy atom. The zero-order valence-electron chi connectivity index (χ0n) is 20.5. The molecule has 0 heterocycles. The van der Waals surface area contributed by atoms with Crippen molar-refractivity contribution in [2.45, 2.75) is 154 Å². The molecule has 0 aromatic heterocycles. The summed E-state index contributed by atoms with van der Waals surface area (Å²) >= 11 is 2.48. The highest BCUT2D eigenvalue weighted by Crippen LogP contribution is 2.35. The van der Waals surface area contributed by atoms with E-state index in [0.29, 0.717) is 6.42 Å². The van der Waals surface area contributed by atoms with Crippen LogP contribution < -0.4 is 0 Å². The Kier molecular flexibility index (Phi) is 26.2. The Labute approximate surface area is 208 Å². The van der Waals surface area contributed by atoms with Crippen LogP contribution in [-0.4, -0.2) is 20.4 Å². The second kappa shape index (κ2) is 25.5. The second-order valence-corrected chi connectivity index (χ2v) is 12.4. The molecule has 31 heavy (non-hydrogen) atoms. The molecule has 0 aromatic rings. The van der Waals surface area contributed by atoms with Gasteiger partial charge in [-0.3, -0.25) is 4.57 Å². The third-order valence-corrected chi connectivity index (χ3v) is 7.99. The van der Waals surface area contributed by atoms with Gasteiger partial charge in [-0.25, -0.2) is 0 Å². The number of unbranched alkanes of at least 4 members (excludes halogenated alkanes) is 23.